The maximum absolute atomic E-state index is 12.2. The van der Waals surface area contributed by atoms with E-state index in [1.165, 1.54) is 24.5 Å². The van der Waals surface area contributed by atoms with Crippen molar-refractivity contribution in [1.82, 2.24) is 0 Å². The van der Waals surface area contributed by atoms with Gasteiger partial charge in [-0.25, -0.2) is 9.98 Å². The zero-order chi connectivity index (χ0) is 26.8. The Hall–Kier alpha value is -4.80. The van der Waals surface area contributed by atoms with Gasteiger partial charge in [-0.1, -0.05) is 0 Å². The van der Waals surface area contributed by atoms with Crippen LogP contribution < -0.4 is 25.8 Å². The molecule has 0 fully saturated rings. The summed E-state index contributed by atoms with van der Waals surface area (Å²) in [6.45, 7) is 1.93. The van der Waals surface area contributed by atoms with Gasteiger partial charge in [-0.3, -0.25) is 4.79 Å². The van der Waals surface area contributed by atoms with Crippen molar-refractivity contribution in [1.29, 1.82) is 0 Å². The maximum atomic E-state index is 12.2. The van der Waals surface area contributed by atoms with E-state index >= 15 is 0 Å². The minimum absolute atomic E-state index is 0.164. The Morgan fingerprint density at radius 1 is 1.00 bits per heavy atom. The highest BCUT2D eigenvalue weighted by Gasteiger charge is 2.30. The lowest BCUT2D eigenvalue weighted by molar-refractivity contribution is -0.274. The number of hydrogen-bond donors (Lipinski definition) is 3. The van der Waals surface area contributed by atoms with E-state index in [0.29, 0.717) is 16.9 Å². The number of anilines is 2. The summed E-state index contributed by atoms with van der Waals surface area (Å²) >= 11 is 0. The molecule has 3 aromatic rings. The number of aryl methyl sites for hydroxylation is 1. The second kappa shape index (κ2) is 12.2. The third-order valence-electron chi connectivity index (χ3n) is 4.83. The number of alkyl halides is 3. The molecule has 0 aliphatic heterocycles. The molecular formula is C26H24F3N5O3. The van der Waals surface area contributed by atoms with Crippen molar-refractivity contribution in [2.75, 3.05) is 17.7 Å². The van der Waals surface area contributed by atoms with E-state index in [9.17, 15) is 18.0 Å². The van der Waals surface area contributed by atoms with E-state index in [1.807, 2.05) is 25.1 Å². The van der Waals surface area contributed by atoms with E-state index in [4.69, 9.17) is 10.5 Å². The molecular weight excluding hydrogens is 487 g/mol. The number of nitrogens with two attached hydrogens (primary N) is 1. The Bertz CT molecular complexity index is 1300. The summed E-state index contributed by atoms with van der Waals surface area (Å²) in [5.41, 5.74) is 9.29. The van der Waals surface area contributed by atoms with Crippen LogP contribution in [0.1, 0.15) is 11.1 Å². The molecule has 0 heterocycles. The fourth-order valence-corrected chi connectivity index (χ4v) is 3.01. The summed E-state index contributed by atoms with van der Waals surface area (Å²) in [6.07, 6.45) is -0.662. The van der Waals surface area contributed by atoms with Crippen LogP contribution in [0.15, 0.2) is 89.0 Å². The molecule has 0 saturated carbocycles. The van der Waals surface area contributed by atoms with Crippen LogP contribution in [-0.4, -0.2) is 31.6 Å². The van der Waals surface area contributed by atoms with Crippen LogP contribution in [-0.2, 0) is 4.79 Å². The number of aliphatic imine (C=N–C) groups is 2. The lowest BCUT2D eigenvalue weighted by atomic mass is 10.2. The number of nitrogens with one attached hydrogen (secondary N) is 2. The first-order valence-corrected chi connectivity index (χ1v) is 10.8. The number of methoxy groups -OCH3 is 1. The molecule has 0 aromatic heterocycles. The first-order valence-electron chi connectivity index (χ1n) is 10.8. The zero-order valence-corrected chi connectivity index (χ0v) is 19.9. The van der Waals surface area contributed by atoms with E-state index in [-0.39, 0.29) is 17.5 Å². The van der Waals surface area contributed by atoms with Gasteiger partial charge in [0.25, 0.3) is 0 Å². The molecule has 3 rings (SSSR count). The lowest BCUT2D eigenvalue weighted by Crippen LogP contribution is -2.16. The predicted molar refractivity (Wildman–Crippen MR) is 138 cm³/mol. The molecule has 4 N–H and O–H groups in total. The number of carbonyl (C=O) groups is 1. The van der Waals surface area contributed by atoms with Crippen LogP contribution in [0.3, 0.4) is 0 Å². The van der Waals surface area contributed by atoms with Gasteiger partial charge in [-0.2, -0.15) is 0 Å². The first-order chi connectivity index (χ1) is 17.6. The third kappa shape index (κ3) is 8.73. The normalized spacial score (nSPS) is 12.1. The quantitative estimate of drug-likeness (QED) is 0.199. The number of ether oxygens (including phenoxy) is 2. The van der Waals surface area contributed by atoms with Gasteiger partial charge in [0.15, 0.2) is 0 Å². The zero-order valence-electron chi connectivity index (χ0n) is 19.9. The number of amides is 1. The molecule has 0 aliphatic carbocycles. The van der Waals surface area contributed by atoms with Crippen LogP contribution in [0.4, 0.5) is 30.2 Å². The minimum Gasteiger partial charge on any atom is -0.497 e. The molecule has 1 amide bonds. The molecule has 0 atom stereocenters. The van der Waals surface area contributed by atoms with Crippen molar-refractivity contribution in [3.8, 4) is 11.5 Å². The highest BCUT2D eigenvalue weighted by Crippen LogP contribution is 2.25. The summed E-state index contributed by atoms with van der Waals surface area (Å²) in [4.78, 5) is 20.2. The number of carbonyl (C=O) groups excluding carboxylic acids is 1. The highest BCUT2D eigenvalue weighted by atomic mass is 19.4. The standard InChI is InChI=1S/C26H24F3N5O3/c1-17-15-22(36-2)11-12-23(17)31-14-13-24(35)34-20-5-3-18(4-6-20)25(30)33-16-32-19-7-9-21(10-8-19)37-26(27,28)29/h3-16,31H,1-2H3,(H,34,35)(H2,30,32,33)/b14-13+. The van der Waals surface area contributed by atoms with Gasteiger partial charge < -0.3 is 25.8 Å². The van der Waals surface area contributed by atoms with Crippen molar-refractivity contribution in [3.63, 3.8) is 0 Å². The summed E-state index contributed by atoms with van der Waals surface area (Å²) < 4.78 is 45.6. The van der Waals surface area contributed by atoms with Crippen molar-refractivity contribution < 1.29 is 27.4 Å². The van der Waals surface area contributed by atoms with Crippen molar-refractivity contribution >= 4 is 35.1 Å². The minimum atomic E-state index is -4.76. The highest BCUT2D eigenvalue weighted by molar-refractivity contribution is 6.03. The molecule has 192 valence electrons. The summed E-state index contributed by atoms with van der Waals surface area (Å²) in [6, 6.07) is 17.2. The molecule has 37 heavy (non-hydrogen) atoms. The average Bonchev–Trinajstić information content (AvgIpc) is 2.85. The van der Waals surface area contributed by atoms with Gasteiger partial charge in [0.05, 0.1) is 12.8 Å². The van der Waals surface area contributed by atoms with Gasteiger partial charge in [0.2, 0.25) is 5.91 Å². The Labute approximate surface area is 211 Å². The Morgan fingerprint density at radius 3 is 2.30 bits per heavy atom. The number of hydrogen-bond acceptors (Lipinski definition) is 5. The second-order valence-electron chi connectivity index (χ2n) is 7.53. The lowest BCUT2D eigenvalue weighted by Gasteiger charge is -2.08. The largest absolute Gasteiger partial charge is 0.573 e. The van der Waals surface area contributed by atoms with Gasteiger partial charge in [0.1, 0.15) is 23.7 Å². The molecule has 8 nitrogen and oxygen atoms in total. The molecule has 0 radical (unpaired) electrons. The summed E-state index contributed by atoms with van der Waals surface area (Å²) in [7, 11) is 1.60. The monoisotopic (exact) mass is 511 g/mol. The topological polar surface area (TPSA) is 110 Å². The van der Waals surface area contributed by atoms with E-state index in [2.05, 4.69) is 25.4 Å². The van der Waals surface area contributed by atoms with Crippen LogP contribution >= 0.6 is 0 Å². The number of benzene rings is 3. The van der Waals surface area contributed by atoms with Crippen LogP contribution in [0, 0.1) is 6.92 Å². The molecule has 11 heteroatoms. The van der Waals surface area contributed by atoms with Gasteiger partial charge in [-0.05, 0) is 79.2 Å². The fraction of sp³-hybridized carbons (Fsp3) is 0.115. The Kier molecular flexibility index (Phi) is 8.87. The van der Waals surface area contributed by atoms with Crippen LogP contribution in [0.2, 0.25) is 0 Å². The Morgan fingerprint density at radius 2 is 1.68 bits per heavy atom. The number of nitrogens with zero attached hydrogens (tertiary/aromatic N) is 2. The summed E-state index contributed by atoms with van der Waals surface area (Å²) in [5.74, 6) is 0.240. The maximum Gasteiger partial charge on any atom is 0.573 e. The van der Waals surface area contributed by atoms with Gasteiger partial charge >= 0.3 is 6.36 Å². The smallest absolute Gasteiger partial charge is 0.497 e. The molecule has 0 unspecified atom stereocenters. The summed E-state index contributed by atoms with van der Waals surface area (Å²) in [5, 5.41) is 5.79. The van der Waals surface area contributed by atoms with Crippen LogP contribution in [0.25, 0.3) is 0 Å². The van der Waals surface area contributed by atoms with E-state index in [0.717, 1.165) is 29.1 Å². The van der Waals surface area contributed by atoms with E-state index < -0.39 is 6.36 Å². The third-order valence-corrected chi connectivity index (χ3v) is 4.83. The van der Waals surface area contributed by atoms with Crippen molar-refractivity contribution in [2.24, 2.45) is 15.7 Å². The molecule has 0 bridgehead atoms. The second-order valence-corrected chi connectivity index (χ2v) is 7.53. The number of amidine groups is 1. The molecule has 0 aliphatic rings. The first kappa shape index (κ1) is 26.8. The molecule has 0 saturated heterocycles. The number of halogens is 3. The Balaban J connectivity index is 1.52. The van der Waals surface area contributed by atoms with Gasteiger partial charge in [-0.15, -0.1) is 13.2 Å². The average molecular weight is 512 g/mol. The molecule has 3 aromatic carbocycles. The SMILES string of the molecule is COc1ccc(N/C=C/C(=O)Nc2ccc(C(N)=NC=Nc3ccc(OC(F)(F)F)cc3)cc2)c(C)c1. The van der Waals surface area contributed by atoms with E-state index in [1.54, 1.807) is 37.6 Å². The predicted octanol–water partition coefficient (Wildman–Crippen LogP) is 5.53. The number of rotatable bonds is 9. The van der Waals surface area contributed by atoms with Crippen molar-refractivity contribution in [3.05, 3.63) is 90.1 Å². The molecule has 0 spiro atoms. The van der Waals surface area contributed by atoms with Crippen molar-refractivity contribution in [2.45, 2.75) is 13.3 Å². The van der Waals surface area contributed by atoms with Crippen LogP contribution in [0.5, 0.6) is 11.5 Å². The fourth-order valence-electron chi connectivity index (χ4n) is 3.01. The van der Waals surface area contributed by atoms with Gasteiger partial charge in [0, 0.05) is 29.2 Å².